The summed E-state index contributed by atoms with van der Waals surface area (Å²) in [5, 5.41) is 18.2. The molecular formula is C20H22N4O4. The van der Waals surface area contributed by atoms with Gasteiger partial charge in [-0.25, -0.2) is 0 Å². The number of fused-ring (bicyclic) bond motifs is 4. The average molecular weight is 382 g/mol. The zero-order valence-corrected chi connectivity index (χ0v) is 15.3. The first-order valence-electron chi connectivity index (χ1n) is 9.31. The molecule has 3 N–H and O–H groups in total. The van der Waals surface area contributed by atoms with E-state index < -0.39 is 0 Å². The van der Waals surface area contributed by atoms with E-state index >= 15 is 0 Å². The van der Waals surface area contributed by atoms with E-state index in [2.05, 4.69) is 20.4 Å². The summed E-state index contributed by atoms with van der Waals surface area (Å²) in [6.07, 6.45) is 5.72. The minimum Gasteiger partial charge on any atom is -0.483 e. The van der Waals surface area contributed by atoms with Gasteiger partial charge in [-0.2, -0.15) is 5.10 Å². The first kappa shape index (κ1) is 18.2. The molecular weight excluding hydrogens is 360 g/mol. The van der Waals surface area contributed by atoms with E-state index in [1.54, 1.807) is 12.5 Å². The van der Waals surface area contributed by atoms with Crippen molar-refractivity contribution in [1.29, 1.82) is 0 Å². The minimum atomic E-state index is -0.250. The van der Waals surface area contributed by atoms with Crippen molar-refractivity contribution >= 4 is 23.3 Å². The Morgan fingerprint density at radius 1 is 1.29 bits per heavy atom. The maximum atomic E-state index is 12.8. The molecule has 28 heavy (non-hydrogen) atoms. The third-order valence-electron chi connectivity index (χ3n) is 5.61. The van der Waals surface area contributed by atoms with Crippen LogP contribution in [0.5, 0.6) is 0 Å². The van der Waals surface area contributed by atoms with Gasteiger partial charge in [0.15, 0.2) is 5.69 Å². The second kappa shape index (κ2) is 7.85. The second-order valence-corrected chi connectivity index (χ2v) is 7.17. The van der Waals surface area contributed by atoms with Crippen molar-refractivity contribution in [2.45, 2.75) is 18.9 Å². The molecule has 6 rings (SSSR count). The standard InChI is InChI=1S/C19H20N4O2.CH2O2/c24-19(20-17-10-23-6-3-12(17)4-7-23)18-15-2-1-13(9-16(15)21-22-18)14-5-8-25-11-14;2-1-3/h1-2,5,8-9,11-12,17H,3-4,6-7,10H2,(H,20,24)(H,21,22);1H,(H,2,3)/t17-;/m0./s1. The van der Waals surface area contributed by atoms with Crippen molar-refractivity contribution in [1.82, 2.24) is 20.4 Å². The van der Waals surface area contributed by atoms with Crippen molar-refractivity contribution in [2.75, 3.05) is 19.6 Å². The highest BCUT2D eigenvalue weighted by Crippen LogP contribution is 2.29. The van der Waals surface area contributed by atoms with Crippen LogP contribution in [0.4, 0.5) is 0 Å². The van der Waals surface area contributed by atoms with Gasteiger partial charge in [-0.15, -0.1) is 0 Å². The second-order valence-electron chi connectivity index (χ2n) is 7.17. The maximum Gasteiger partial charge on any atom is 0.290 e. The molecule has 3 aromatic rings. The van der Waals surface area contributed by atoms with Crippen LogP contribution in [0.2, 0.25) is 0 Å². The van der Waals surface area contributed by atoms with E-state index in [9.17, 15) is 4.79 Å². The predicted molar refractivity (Wildman–Crippen MR) is 103 cm³/mol. The van der Waals surface area contributed by atoms with Gasteiger partial charge in [0.1, 0.15) is 0 Å². The van der Waals surface area contributed by atoms with Crippen molar-refractivity contribution in [3.63, 3.8) is 0 Å². The van der Waals surface area contributed by atoms with E-state index in [1.807, 2.05) is 24.3 Å². The van der Waals surface area contributed by atoms with Gasteiger partial charge in [0.2, 0.25) is 0 Å². The lowest BCUT2D eigenvalue weighted by Crippen LogP contribution is -2.57. The molecule has 3 fully saturated rings. The number of nitrogens with one attached hydrogen (secondary N) is 2. The van der Waals surface area contributed by atoms with E-state index in [0.717, 1.165) is 28.6 Å². The van der Waals surface area contributed by atoms with Crippen LogP contribution in [0.3, 0.4) is 0 Å². The molecule has 0 saturated carbocycles. The smallest absolute Gasteiger partial charge is 0.290 e. The highest BCUT2D eigenvalue weighted by atomic mass is 16.3. The molecule has 1 aromatic carbocycles. The van der Waals surface area contributed by atoms with Crippen molar-refractivity contribution in [2.24, 2.45) is 5.92 Å². The summed E-state index contributed by atoms with van der Waals surface area (Å²) in [4.78, 5) is 23.5. The molecule has 8 nitrogen and oxygen atoms in total. The van der Waals surface area contributed by atoms with Gasteiger partial charge in [0.05, 0.1) is 18.0 Å². The van der Waals surface area contributed by atoms with Crippen LogP contribution in [0.25, 0.3) is 22.0 Å². The lowest BCUT2D eigenvalue weighted by Gasteiger charge is -2.44. The van der Waals surface area contributed by atoms with Crippen LogP contribution in [0.1, 0.15) is 23.3 Å². The number of nitrogens with zero attached hydrogens (tertiary/aromatic N) is 2. The third-order valence-corrected chi connectivity index (χ3v) is 5.61. The van der Waals surface area contributed by atoms with Crippen LogP contribution in [0, 0.1) is 5.92 Å². The summed E-state index contributed by atoms with van der Waals surface area (Å²) in [5.41, 5.74) is 3.38. The number of aromatic nitrogens is 2. The molecule has 2 aromatic heterocycles. The van der Waals surface area contributed by atoms with Crippen molar-refractivity contribution < 1.29 is 19.1 Å². The first-order valence-corrected chi connectivity index (χ1v) is 9.31. The number of piperidine rings is 3. The number of rotatable bonds is 3. The number of carbonyl (C=O) groups is 2. The number of benzene rings is 1. The van der Waals surface area contributed by atoms with E-state index in [1.165, 1.54) is 25.9 Å². The molecule has 3 aliphatic heterocycles. The number of carboxylic acid groups (broad SMARTS) is 1. The number of carbonyl (C=O) groups excluding carboxylic acids is 1. The third kappa shape index (κ3) is 3.50. The molecule has 5 heterocycles. The molecule has 0 radical (unpaired) electrons. The average Bonchev–Trinajstić information content (AvgIpc) is 3.39. The van der Waals surface area contributed by atoms with Crippen LogP contribution in [-0.4, -0.2) is 58.3 Å². The van der Waals surface area contributed by atoms with Crippen molar-refractivity contribution in [3.05, 3.63) is 42.5 Å². The number of aromatic amines is 1. The summed E-state index contributed by atoms with van der Waals surface area (Å²) in [7, 11) is 0. The summed E-state index contributed by atoms with van der Waals surface area (Å²) in [6.45, 7) is 3.04. The van der Waals surface area contributed by atoms with Gasteiger partial charge in [-0.1, -0.05) is 6.07 Å². The Morgan fingerprint density at radius 3 is 2.71 bits per heavy atom. The zero-order chi connectivity index (χ0) is 19.5. The lowest BCUT2D eigenvalue weighted by molar-refractivity contribution is -0.122. The van der Waals surface area contributed by atoms with Gasteiger partial charge in [0, 0.05) is 23.5 Å². The summed E-state index contributed by atoms with van der Waals surface area (Å²) < 4.78 is 5.14. The Hall–Kier alpha value is -3.13. The molecule has 8 heteroatoms. The fraction of sp³-hybridized carbons (Fsp3) is 0.350. The zero-order valence-electron chi connectivity index (χ0n) is 15.3. The first-order chi connectivity index (χ1) is 13.7. The molecule has 0 spiro atoms. The lowest BCUT2D eigenvalue weighted by atomic mass is 9.84. The van der Waals surface area contributed by atoms with Crippen LogP contribution in [0.15, 0.2) is 41.2 Å². The molecule has 0 unspecified atom stereocenters. The van der Waals surface area contributed by atoms with Crippen LogP contribution in [-0.2, 0) is 4.79 Å². The molecule has 2 bridgehead atoms. The normalized spacial score (nSPS) is 23.1. The highest BCUT2D eigenvalue weighted by Gasteiger charge is 2.35. The predicted octanol–water partition coefficient (Wildman–Crippen LogP) is 2.35. The van der Waals surface area contributed by atoms with Gasteiger partial charge >= 0.3 is 0 Å². The Morgan fingerprint density at radius 2 is 2.07 bits per heavy atom. The maximum absolute atomic E-state index is 12.8. The van der Waals surface area contributed by atoms with Crippen molar-refractivity contribution in [3.8, 4) is 11.1 Å². The van der Waals surface area contributed by atoms with Gasteiger partial charge in [-0.3, -0.25) is 14.7 Å². The number of hydrogen-bond donors (Lipinski definition) is 3. The molecule has 1 amide bonds. The minimum absolute atomic E-state index is 0.0824. The Labute approximate surface area is 161 Å². The number of hydrogen-bond acceptors (Lipinski definition) is 5. The van der Waals surface area contributed by atoms with E-state index in [4.69, 9.17) is 14.3 Å². The Bertz CT molecular complexity index is 958. The van der Waals surface area contributed by atoms with E-state index in [0.29, 0.717) is 11.6 Å². The quantitative estimate of drug-likeness (QED) is 0.600. The Kier molecular flexibility index (Phi) is 5.12. The molecule has 3 aliphatic rings. The topological polar surface area (TPSA) is 111 Å². The van der Waals surface area contributed by atoms with E-state index in [-0.39, 0.29) is 18.4 Å². The summed E-state index contributed by atoms with van der Waals surface area (Å²) >= 11 is 0. The number of H-pyrrole nitrogens is 1. The number of amides is 1. The summed E-state index contributed by atoms with van der Waals surface area (Å²) in [5.74, 6) is 0.521. The van der Waals surface area contributed by atoms with Gasteiger partial charge in [0.25, 0.3) is 12.4 Å². The van der Waals surface area contributed by atoms with Gasteiger partial charge < -0.3 is 19.7 Å². The fourth-order valence-electron chi connectivity index (χ4n) is 4.17. The molecule has 146 valence electrons. The highest BCUT2D eigenvalue weighted by molar-refractivity contribution is 6.05. The summed E-state index contributed by atoms with van der Waals surface area (Å²) in [6, 6.07) is 8.10. The number of furan rings is 1. The SMILES string of the molecule is O=C(N[C@H]1CN2CCC1CC2)c1n[nH]c2cc(-c3ccoc3)ccc12.O=CO. The molecule has 0 aliphatic carbocycles. The Balaban J connectivity index is 0.000000604. The van der Waals surface area contributed by atoms with Gasteiger partial charge in [-0.05, 0) is 55.6 Å². The fourth-order valence-corrected chi connectivity index (χ4v) is 4.17. The van der Waals surface area contributed by atoms with Crippen LogP contribution >= 0.6 is 0 Å². The molecule has 1 atom stereocenters. The van der Waals surface area contributed by atoms with Crippen LogP contribution < -0.4 is 5.32 Å². The largest absolute Gasteiger partial charge is 0.483 e. The molecule has 3 saturated heterocycles. The monoisotopic (exact) mass is 382 g/mol.